The second kappa shape index (κ2) is 6.85. The second-order valence-corrected chi connectivity index (χ2v) is 5.33. The second-order valence-electron chi connectivity index (χ2n) is 5.33. The van der Waals surface area contributed by atoms with Crippen molar-refractivity contribution in [2.24, 2.45) is 5.92 Å². The van der Waals surface area contributed by atoms with Crippen molar-refractivity contribution >= 4 is 0 Å². The molecular weight excluding hydrogens is 240 g/mol. The molecule has 0 saturated heterocycles. The van der Waals surface area contributed by atoms with Gasteiger partial charge in [-0.25, -0.2) is 0 Å². The highest BCUT2D eigenvalue weighted by Crippen LogP contribution is 2.27. The molecule has 104 valence electrons. The molecule has 0 spiro atoms. The first-order valence-corrected chi connectivity index (χ1v) is 6.91. The summed E-state index contributed by atoms with van der Waals surface area (Å²) in [7, 11) is 0. The first-order valence-electron chi connectivity index (χ1n) is 6.91. The van der Waals surface area contributed by atoms with Crippen LogP contribution in [0.1, 0.15) is 24.8 Å². The summed E-state index contributed by atoms with van der Waals surface area (Å²) >= 11 is 0. The van der Waals surface area contributed by atoms with Crippen molar-refractivity contribution in [2.45, 2.75) is 44.0 Å². The van der Waals surface area contributed by atoms with Crippen LogP contribution in [0.5, 0.6) is 0 Å². The maximum atomic E-state index is 9.89. The fourth-order valence-electron chi connectivity index (χ4n) is 2.55. The Morgan fingerprint density at radius 2 is 1.89 bits per heavy atom. The maximum Gasteiger partial charge on any atom is 0.0724 e. The van der Waals surface area contributed by atoms with Crippen LogP contribution in [0.4, 0.5) is 0 Å². The third kappa shape index (κ3) is 4.46. The van der Waals surface area contributed by atoms with Gasteiger partial charge in [-0.1, -0.05) is 42.5 Å². The van der Waals surface area contributed by atoms with Crippen molar-refractivity contribution in [2.75, 3.05) is 0 Å². The Hall–Kier alpha value is -1.16. The molecule has 0 amide bonds. The number of aliphatic hydroxyl groups excluding tert-OH is 3. The van der Waals surface area contributed by atoms with Crippen molar-refractivity contribution in [1.29, 1.82) is 0 Å². The van der Waals surface area contributed by atoms with Gasteiger partial charge in [-0.05, 0) is 31.2 Å². The van der Waals surface area contributed by atoms with Crippen molar-refractivity contribution in [3.8, 4) is 0 Å². The fourth-order valence-corrected chi connectivity index (χ4v) is 2.55. The number of benzene rings is 1. The summed E-state index contributed by atoms with van der Waals surface area (Å²) in [5.74, 6) is -0.0265. The summed E-state index contributed by atoms with van der Waals surface area (Å²) in [5.41, 5.74) is 1.21. The monoisotopic (exact) mass is 262 g/mol. The van der Waals surface area contributed by atoms with E-state index in [2.05, 4.69) is 0 Å². The van der Waals surface area contributed by atoms with Gasteiger partial charge in [0.15, 0.2) is 0 Å². The molecule has 19 heavy (non-hydrogen) atoms. The predicted octanol–water partition coefficient (Wildman–Crippen LogP) is 1.67. The molecule has 3 unspecified atom stereocenters. The van der Waals surface area contributed by atoms with E-state index in [-0.39, 0.29) is 5.92 Å². The van der Waals surface area contributed by atoms with Gasteiger partial charge < -0.3 is 15.3 Å². The number of hydrogen-bond acceptors (Lipinski definition) is 3. The predicted molar refractivity (Wildman–Crippen MR) is 74.6 cm³/mol. The Morgan fingerprint density at radius 1 is 1.16 bits per heavy atom. The van der Waals surface area contributed by atoms with E-state index in [4.69, 9.17) is 0 Å². The van der Waals surface area contributed by atoms with Crippen LogP contribution in [-0.4, -0.2) is 33.6 Å². The lowest BCUT2D eigenvalue weighted by atomic mass is 10.0. The highest BCUT2D eigenvalue weighted by molar-refractivity contribution is 5.15. The van der Waals surface area contributed by atoms with E-state index in [1.165, 1.54) is 5.56 Å². The minimum Gasteiger partial charge on any atom is -0.393 e. The zero-order valence-electron chi connectivity index (χ0n) is 11.0. The van der Waals surface area contributed by atoms with E-state index in [1.807, 2.05) is 36.4 Å². The first kappa shape index (κ1) is 14.3. The molecule has 0 bridgehead atoms. The average Bonchev–Trinajstić information content (AvgIpc) is 2.73. The molecule has 3 heteroatoms. The molecular formula is C16H22O3. The zero-order valence-corrected chi connectivity index (χ0v) is 11.0. The van der Waals surface area contributed by atoms with Gasteiger partial charge in [0.25, 0.3) is 0 Å². The highest BCUT2D eigenvalue weighted by atomic mass is 16.3. The Labute approximate surface area is 114 Å². The Balaban J connectivity index is 1.76. The SMILES string of the molecule is OC(/C=C/[C@@H]1CC(O)CC1O)CCc1ccccc1. The highest BCUT2D eigenvalue weighted by Gasteiger charge is 2.29. The molecule has 1 aliphatic carbocycles. The maximum absolute atomic E-state index is 9.89. The van der Waals surface area contributed by atoms with Crippen LogP contribution in [0.3, 0.4) is 0 Å². The first-order chi connectivity index (χ1) is 9.15. The van der Waals surface area contributed by atoms with Gasteiger partial charge in [0.1, 0.15) is 0 Å². The summed E-state index contributed by atoms with van der Waals surface area (Å²) in [5, 5.41) is 29.0. The molecule has 1 fully saturated rings. The number of aliphatic hydroxyl groups is 3. The van der Waals surface area contributed by atoms with Crippen LogP contribution in [0.15, 0.2) is 42.5 Å². The van der Waals surface area contributed by atoms with Gasteiger partial charge in [-0.3, -0.25) is 0 Å². The van der Waals surface area contributed by atoms with Crippen LogP contribution >= 0.6 is 0 Å². The molecule has 1 aromatic carbocycles. The van der Waals surface area contributed by atoms with Crippen molar-refractivity contribution in [3.05, 3.63) is 48.0 Å². The third-order valence-corrected chi connectivity index (χ3v) is 3.70. The number of rotatable bonds is 5. The van der Waals surface area contributed by atoms with Crippen LogP contribution in [-0.2, 0) is 6.42 Å². The summed E-state index contributed by atoms with van der Waals surface area (Å²) in [4.78, 5) is 0. The molecule has 0 aromatic heterocycles. The number of hydrogen-bond donors (Lipinski definition) is 3. The lowest BCUT2D eigenvalue weighted by Gasteiger charge is -2.10. The van der Waals surface area contributed by atoms with Crippen LogP contribution in [0.2, 0.25) is 0 Å². The summed E-state index contributed by atoms with van der Waals surface area (Å²) in [6.45, 7) is 0. The van der Waals surface area contributed by atoms with Crippen molar-refractivity contribution < 1.29 is 15.3 Å². The van der Waals surface area contributed by atoms with Gasteiger partial charge in [0.2, 0.25) is 0 Å². The standard InChI is InChI=1S/C16H22O3/c17-14(8-6-12-4-2-1-3-5-12)9-7-13-10-15(18)11-16(13)19/h1-5,7,9,13-19H,6,8,10-11H2/b9-7+/t13-,14?,15?,16?/m1/s1. The zero-order chi connectivity index (χ0) is 13.7. The van der Waals surface area contributed by atoms with Crippen molar-refractivity contribution in [1.82, 2.24) is 0 Å². The van der Waals surface area contributed by atoms with Crippen LogP contribution in [0, 0.1) is 5.92 Å². The van der Waals surface area contributed by atoms with E-state index in [0.29, 0.717) is 19.3 Å². The lowest BCUT2D eigenvalue weighted by molar-refractivity contribution is 0.128. The van der Waals surface area contributed by atoms with Crippen LogP contribution < -0.4 is 0 Å². The Morgan fingerprint density at radius 3 is 2.53 bits per heavy atom. The fraction of sp³-hybridized carbons (Fsp3) is 0.500. The molecule has 1 aliphatic rings. The van der Waals surface area contributed by atoms with Gasteiger partial charge >= 0.3 is 0 Å². The smallest absolute Gasteiger partial charge is 0.0724 e. The molecule has 1 saturated carbocycles. The van der Waals surface area contributed by atoms with E-state index in [9.17, 15) is 15.3 Å². The van der Waals surface area contributed by atoms with Gasteiger partial charge in [-0.2, -0.15) is 0 Å². The molecule has 0 heterocycles. The molecule has 4 atom stereocenters. The van der Waals surface area contributed by atoms with Crippen molar-refractivity contribution in [3.63, 3.8) is 0 Å². The lowest BCUT2D eigenvalue weighted by Crippen LogP contribution is -2.12. The third-order valence-electron chi connectivity index (χ3n) is 3.70. The number of aryl methyl sites for hydroxylation is 1. The van der Waals surface area contributed by atoms with Gasteiger partial charge in [-0.15, -0.1) is 0 Å². The van der Waals surface area contributed by atoms with E-state index in [0.717, 1.165) is 6.42 Å². The average molecular weight is 262 g/mol. The molecule has 2 rings (SSSR count). The topological polar surface area (TPSA) is 60.7 Å². The normalized spacial score (nSPS) is 28.9. The van der Waals surface area contributed by atoms with E-state index < -0.39 is 18.3 Å². The molecule has 1 aromatic rings. The van der Waals surface area contributed by atoms with Gasteiger partial charge in [0, 0.05) is 5.92 Å². The van der Waals surface area contributed by atoms with Crippen LogP contribution in [0.25, 0.3) is 0 Å². The molecule has 3 nitrogen and oxygen atoms in total. The Bertz CT molecular complexity index is 402. The largest absolute Gasteiger partial charge is 0.393 e. The quantitative estimate of drug-likeness (QED) is 0.707. The van der Waals surface area contributed by atoms with E-state index in [1.54, 1.807) is 6.08 Å². The van der Waals surface area contributed by atoms with E-state index >= 15 is 0 Å². The molecule has 0 radical (unpaired) electrons. The Kier molecular flexibility index (Phi) is 5.14. The minimum atomic E-state index is -0.495. The summed E-state index contributed by atoms with van der Waals surface area (Å²) in [6.07, 6.45) is 4.74. The minimum absolute atomic E-state index is 0.0265. The molecule has 3 N–H and O–H groups in total. The summed E-state index contributed by atoms with van der Waals surface area (Å²) < 4.78 is 0. The summed E-state index contributed by atoms with van der Waals surface area (Å²) in [6, 6.07) is 10.1. The van der Waals surface area contributed by atoms with Gasteiger partial charge in [0.05, 0.1) is 18.3 Å². The molecule has 0 aliphatic heterocycles.